The number of hydrogen-bond acceptors (Lipinski definition) is 1. The molecular formula is C16H32BNP. The van der Waals surface area contributed by atoms with Gasteiger partial charge < -0.3 is 5.32 Å². The largest absolute Gasteiger partial charge is 0.397 e. The first-order valence-corrected chi connectivity index (χ1v) is 8.18. The molecular weight excluding hydrogens is 248 g/mol. The minimum absolute atomic E-state index is 0.661. The smallest absolute Gasteiger partial charge is 0.136 e. The van der Waals surface area contributed by atoms with Gasteiger partial charge in [-0.25, -0.2) is 0 Å². The zero-order valence-corrected chi connectivity index (χ0v) is 14.4. The first-order chi connectivity index (χ1) is 8.93. The molecule has 1 nitrogen and oxygen atoms in total. The predicted molar refractivity (Wildman–Crippen MR) is 93.8 cm³/mol. The number of nitrogens with one attached hydrogen (secondary N) is 1. The average molecular weight is 280 g/mol. The first kappa shape index (κ1) is 18.8. The van der Waals surface area contributed by atoms with Gasteiger partial charge in [-0.3, -0.25) is 0 Å². The molecule has 0 aliphatic carbocycles. The molecule has 1 radical (unpaired) electrons. The van der Waals surface area contributed by atoms with E-state index in [1.165, 1.54) is 12.7 Å². The van der Waals surface area contributed by atoms with E-state index in [4.69, 9.17) is 0 Å². The Bertz CT molecular complexity index is 267. The third kappa shape index (κ3) is 7.83. The minimum atomic E-state index is 0.661. The van der Waals surface area contributed by atoms with Crippen LogP contribution in [0.3, 0.4) is 0 Å². The van der Waals surface area contributed by atoms with Gasteiger partial charge in [-0.1, -0.05) is 46.2 Å². The van der Waals surface area contributed by atoms with E-state index in [1.54, 1.807) is 0 Å². The van der Waals surface area contributed by atoms with Crippen molar-refractivity contribution in [3.8, 4) is 0 Å². The Balaban J connectivity index is 4.36. The van der Waals surface area contributed by atoms with E-state index < -0.39 is 0 Å². The maximum Gasteiger partial charge on any atom is 0.136 e. The summed E-state index contributed by atoms with van der Waals surface area (Å²) in [7, 11) is 5.45. The lowest BCUT2D eigenvalue weighted by Crippen LogP contribution is -2.30. The van der Waals surface area contributed by atoms with Crippen LogP contribution in [0.1, 0.15) is 40.5 Å². The van der Waals surface area contributed by atoms with Gasteiger partial charge in [-0.15, -0.1) is 15.8 Å². The van der Waals surface area contributed by atoms with E-state index in [1.807, 2.05) is 13.0 Å². The fourth-order valence-corrected chi connectivity index (χ4v) is 3.13. The minimum Gasteiger partial charge on any atom is -0.397 e. The quantitative estimate of drug-likeness (QED) is 0.257. The molecule has 0 rings (SSSR count). The van der Waals surface area contributed by atoms with E-state index >= 15 is 0 Å². The number of rotatable bonds is 11. The molecule has 1 N–H and O–H groups in total. The molecule has 0 aromatic rings. The summed E-state index contributed by atoms with van der Waals surface area (Å²) in [6.45, 7) is 16.7. The van der Waals surface area contributed by atoms with Crippen LogP contribution in [0.25, 0.3) is 0 Å². The van der Waals surface area contributed by atoms with Crippen LogP contribution in [0.5, 0.6) is 0 Å². The Morgan fingerprint density at radius 2 is 2.00 bits per heavy atom. The Hall–Kier alpha value is -0.225. The zero-order chi connectivity index (χ0) is 14.8. The maximum absolute atomic E-state index is 3.87. The van der Waals surface area contributed by atoms with Crippen LogP contribution >= 0.6 is 9.24 Å². The summed E-state index contributed by atoms with van der Waals surface area (Å²) in [6, 6.07) is 0. The van der Waals surface area contributed by atoms with Gasteiger partial charge >= 0.3 is 0 Å². The van der Waals surface area contributed by atoms with Crippen LogP contribution in [0.2, 0.25) is 6.32 Å². The SMILES string of the molecule is C=CCC(C)C(P)C(C[B]CNC(=C)C)C(C)CC. The third-order valence-electron chi connectivity index (χ3n) is 4.05. The van der Waals surface area contributed by atoms with Gasteiger partial charge in [0, 0.05) is 0 Å². The van der Waals surface area contributed by atoms with Crippen molar-refractivity contribution < 1.29 is 0 Å². The summed E-state index contributed by atoms with van der Waals surface area (Å²) in [6.07, 6.45) is 6.49. The molecule has 0 aliphatic rings. The fourth-order valence-electron chi connectivity index (χ4n) is 2.44. The van der Waals surface area contributed by atoms with E-state index in [2.05, 4.69) is 55.8 Å². The van der Waals surface area contributed by atoms with Crippen LogP contribution in [-0.2, 0) is 0 Å². The summed E-state index contributed by atoms with van der Waals surface area (Å²) >= 11 is 0. The monoisotopic (exact) mass is 280 g/mol. The van der Waals surface area contributed by atoms with Gasteiger partial charge in [0.15, 0.2) is 0 Å². The van der Waals surface area contributed by atoms with Crippen molar-refractivity contribution in [3.63, 3.8) is 0 Å². The van der Waals surface area contributed by atoms with Gasteiger partial charge in [0.25, 0.3) is 0 Å². The third-order valence-corrected chi connectivity index (χ3v) is 5.20. The Labute approximate surface area is 124 Å². The normalized spacial score (nSPS) is 17.1. The molecule has 0 bridgehead atoms. The first-order valence-electron chi connectivity index (χ1n) is 7.51. The van der Waals surface area contributed by atoms with Crippen LogP contribution < -0.4 is 5.32 Å². The van der Waals surface area contributed by atoms with Gasteiger partial charge in [-0.2, -0.15) is 0 Å². The number of allylic oxidation sites excluding steroid dienone is 2. The van der Waals surface area contributed by atoms with E-state index in [0.717, 1.165) is 30.4 Å². The van der Waals surface area contributed by atoms with Crippen molar-refractivity contribution >= 4 is 16.5 Å². The van der Waals surface area contributed by atoms with Crippen molar-refractivity contribution in [3.05, 3.63) is 24.9 Å². The standard InChI is InChI=1S/C16H32BNP/c1-7-9-14(6)16(19)15(13(5)8-2)10-17-11-18-12(3)4/h7,13-16,18H,1,3,8-11,19H2,2,4-6H3. The summed E-state index contributed by atoms with van der Waals surface area (Å²) in [4.78, 5) is 0. The summed E-state index contributed by atoms with van der Waals surface area (Å²) in [5.74, 6) is 2.18. The maximum atomic E-state index is 3.87. The highest BCUT2D eigenvalue weighted by Gasteiger charge is 2.26. The summed E-state index contributed by atoms with van der Waals surface area (Å²) < 4.78 is 0. The van der Waals surface area contributed by atoms with Gasteiger partial charge in [0.05, 0.1) is 0 Å². The highest BCUT2D eigenvalue weighted by atomic mass is 31.0. The van der Waals surface area contributed by atoms with Crippen LogP contribution in [0.15, 0.2) is 24.9 Å². The Morgan fingerprint density at radius 1 is 1.37 bits per heavy atom. The molecule has 0 spiro atoms. The van der Waals surface area contributed by atoms with Crippen molar-refractivity contribution in [2.75, 3.05) is 6.44 Å². The van der Waals surface area contributed by atoms with Crippen molar-refractivity contribution in [1.29, 1.82) is 0 Å². The van der Waals surface area contributed by atoms with Crippen LogP contribution in [-0.4, -0.2) is 19.4 Å². The summed E-state index contributed by atoms with van der Waals surface area (Å²) in [5, 5.41) is 3.28. The average Bonchev–Trinajstić information content (AvgIpc) is 2.37. The molecule has 0 fully saturated rings. The fraction of sp³-hybridized carbons (Fsp3) is 0.750. The molecule has 0 aromatic carbocycles. The van der Waals surface area contributed by atoms with E-state index in [9.17, 15) is 0 Å². The Morgan fingerprint density at radius 3 is 2.47 bits per heavy atom. The molecule has 109 valence electrons. The molecule has 19 heavy (non-hydrogen) atoms. The molecule has 5 unspecified atom stereocenters. The van der Waals surface area contributed by atoms with Crippen LogP contribution in [0.4, 0.5) is 0 Å². The lowest BCUT2D eigenvalue weighted by Gasteiger charge is -2.33. The van der Waals surface area contributed by atoms with E-state index in [0.29, 0.717) is 11.6 Å². The molecule has 3 heteroatoms. The topological polar surface area (TPSA) is 12.0 Å². The van der Waals surface area contributed by atoms with Gasteiger partial charge in [0.1, 0.15) is 7.28 Å². The highest BCUT2D eigenvalue weighted by Crippen LogP contribution is 2.33. The van der Waals surface area contributed by atoms with Crippen molar-refractivity contribution in [1.82, 2.24) is 5.32 Å². The van der Waals surface area contributed by atoms with Crippen LogP contribution in [0, 0.1) is 17.8 Å². The second-order valence-corrected chi connectivity index (χ2v) is 6.58. The second-order valence-electron chi connectivity index (χ2n) is 5.81. The van der Waals surface area contributed by atoms with E-state index in [-0.39, 0.29) is 0 Å². The van der Waals surface area contributed by atoms with Gasteiger partial charge in [-0.05, 0) is 48.9 Å². The van der Waals surface area contributed by atoms with Crippen molar-refractivity contribution in [2.45, 2.75) is 52.5 Å². The van der Waals surface area contributed by atoms with Crippen molar-refractivity contribution in [2.24, 2.45) is 17.8 Å². The summed E-state index contributed by atoms with van der Waals surface area (Å²) in [5.41, 5.74) is 1.70. The molecule has 0 heterocycles. The molecule has 0 saturated carbocycles. The molecule has 5 atom stereocenters. The molecule has 0 aliphatic heterocycles. The molecule has 0 aromatic heterocycles. The Kier molecular flexibility index (Phi) is 10.4. The zero-order valence-electron chi connectivity index (χ0n) is 13.3. The number of hydrogen-bond donors (Lipinski definition) is 1. The molecule has 0 amide bonds. The predicted octanol–water partition coefficient (Wildman–Crippen LogP) is 4.31. The van der Waals surface area contributed by atoms with Gasteiger partial charge in [0.2, 0.25) is 0 Å². The molecule has 0 saturated heterocycles. The lowest BCUT2D eigenvalue weighted by molar-refractivity contribution is 0.318. The second kappa shape index (κ2) is 10.5. The lowest BCUT2D eigenvalue weighted by atomic mass is 9.64. The highest BCUT2D eigenvalue weighted by molar-refractivity contribution is 7.17.